The van der Waals surface area contributed by atoms with Gasteiger partial charge < -0.3 is 10.2 Å². The third kappa shape index (κ3) is 5.01. The van der Waals surface area contributed by atoms with Crippen molar-refractivity contribution in [2.45, 2.75) is 6.42 Å². The fourth-order valence-corrected chi connectivity index (χ4v) is 5.23. The van der Waals surface area contributed by atoms with Crippen molar-refractivity contribution in [3.05, 3.63) is 94.0 Å². The Bertz CT molecular complexity index is 1360. The predicted molar refractivity (Wildman–Crippen MR) is 139 cm³/mol. The first-order valence-corrected chi connectivity index (χ1v) is 12.3. The summed E-state index contributed by atoms with van der Waals surface area (Å²) in [6.07, 6.45) is 0.771. The van der Waals surface area contributed by atoms with Gasteiger partial charge in [0, 0.05) is 49.9 Å². The number of aromatic nitrogens is 1. The number of nitrogens with zero attached hydrogens (tertiary/aromatic N) is 4. The first-order chi connectivity index (χ1) is 17.1. The summed E-state index contributed by atoms with van der Waals surface area (Å²) in [5, 5.41) is 15.4. The highest BCUT2D eigenvalue weighted by molar-refractivity contribution is 7.13. The van der Waals surface area contributed by atoms with Crippen LogP contribution in [0.5, 0.6) is 0 Å². The number of carbonyl (C=O) groups excluding carboxylic acids is 1. The Kier molecular flexibility index (Phi) is 6.69. The van der Waals surface area contributed by atoms with Crippen LogP contribution in [0.2, 0.25) is 0 Å². The van der Waals surface area contributed by atoms with Gasteiger partial charge in [-0.2, -0.15) is 4.37 Å². The molecule has 178 valence electrons. The van der Waals surface area contributed by atoms with Gasteiger partial charge in [0.25, 0.3) is 11.6 Å². The standard InChI is InChI=1S/C26H25N5O3S/c32-26(20-8-2-5-11-23(20)31(33)34)27-22-10-4-1-7-19(22)13-14-29-15-17-30(18-16-29)25-21-9-3-6-12-24(21)35-28-25/h1-12H,13-18H2,(H,27,32). The highest BCUT2D eigenvalue weighted by Gasteiger charge is 2.22. The van der Waals surface area contributed by atoms with E-state index >= 15 is 0 Å². The molecule has 1 saturated heterocycles. The largest absolute Gasteiger partial charge is 0.353 e. The van der Waals surface area contributed by atoms with Crippen LogP contribution >= 0.6 is 11.5 Å². The summed E-state index contributed by atoms with van der Waals surface area (Å²) in [5.41, 5.74) is 1.54. The number of fused-ring (bicyclic) bond motifs is 1. The molecule has 5 rings (SSSR count). The maximum absolute atomic E-state index is 12.8. The van der Waals surface area contributed by atoms with E-state index in [9.17, 15) is 14.9 Å². The molecule has 1 N–H and O–H groups in total. The fourth-order valence-electron chi connectivity index (χ4n) is 4.44. The average molecular weight is 488 g/mol. The van der Waals surface area contributed by atoms with Gasteiger partial charge >= 0.3 is 0 Å². The van der Waals surface area contributed by atoms with E-state index in [4.69, 9.17) is 0 Å². The minimum Gasteiger partial charge on any atom is -0.353 e. The first kappa shape index (κ1) is 22.9. The number of benzene rings is 3. The van der Waals surface area contributed by atoms with Crippen LogP contribution in [0.15, 0.2) is 72.8 Å². The maximum atomic E-state index is 12.8. The van der Waals surface area contributed by atoms with Gasteiger partial charge in [-0.1, -0.05) is 42.5 Å². The van der Waals surface area contributed by atoms with Gasteiger partial charge in [-0.15, -0.1) is 0 Å². The van der Waals surface area contributed by atoms with E-state index in [2.05, 4.69) is 37.7 Å². The minimum atomic E-state index is -0.533. The first-order valence-electron chi connectivity index (χ1n) is 11.5. The molecule has 8 nitrogen and oxygen atoms in total. The minimum absolute atomic E-state index is 0.0537. The molecule has 1 amide bonds. The number of rotatable bonds is 7. The number of para-hydroxylation sites is 2. The number of nitro benzene ring substituents is 1. The number of anilines is 2. The van der Waals surface area contributed by atoms with Crippen LogP contribution in [0.4, 0.5) is 17.2 Å². The molecular weight excluding hydrogens is 462 g/mol. The molecule has 9 heteroatoms. The van der Waals surface area contributed by atoms with Crippen molar-refractivity contribution >= 4 is 44.7 Å². The van der Waals surface area contributed by atoms with E-state index in [-0.39, 0.29) is 11.3 Å². The molecule has 0 atom stereocenters. The smallest absolute Gasteiger partial charge is 0.282 e. The number of nitro groups is 1. The van der Waals surface area contributed by atoms with Crippen molar-refractivity contribution in [1.29, 1.82) is 0 Å². The van der Waals surface area contributed by atoms with E-state index in [0.717, 1.165) is 50.5 Å². The maximum Gasteiger partial charge on any atom is 0.282 e. The third-order valence-electron chi connectivity index (χ3n) is 6.34. The van der Waals surface area contributed by atoms with Gasteiger partial charge in [-0.05, 0) is 47.8 Å². The Balaban J connectivity index is 1.20. The topological polar surface area (TPSA) is 91.6 Å². The van der Waals surface area contributed by atoms with Gasteiger partial charge in [0.2, 0.25) is 0 Å². The summed E-state index contributed by atoms with van der Waals surface area (Å²) >= 11 is 1.55. The normalized spacial score (nSPS) is 14.2. The predicted octanol–water partition coefficient (Wildman–Crippen LogP) is 4.82. The molecule has 0 radical (unpaired) electrons. The van der Waals surface area contributed by atoms with Gasteiger partial charge in [0.15, 0.2) is 0 Å². The molecule has 0 unspecified atom stereocenters. The zero-order valence-electron chi connectivity index (χ0n) is 19.1. The monoisotopic (exact) mass is 487 g/mol. The molecule has 1 aliphatic heterocycles. The lowest BCUT2D eigenvalue weighted by molar-refractivity contribution is -0.385. The van der Waals surface area contributed by atoms with Gasteiger partial charge in [0.1, 0.15) is 11.4 Å². The van der Waals surface area contributed by atoms with Crippen molar-refractivity contribution in [3.63, 3.8) is 0 Å². The molecule has 0 aliphatic carbocycles. The van der Waals surface area contributed by atoms with Crippen LogP contribution in [0.3, 0.4) is 0 Å². The highest BCUT2D eigenvalue weighted by Crippen LogP contribution is 2.30. The van der Waals surface area contributed by atoms with Crippen LogP contribution in [0.25, 0.3) is 10.1 Å². The van der Waals surface area contributed by atoms with Crippen LogP contribution in [0, 0.1) is 10.1 Å². The number of carbonyl (C=O) groups is 1. The zero-order valence-corrected chi connectivity index (χ0v) is 19.9. The number of hydrogen-bond donors (Lipinski definition) is 1. The van der Waals surface area contributed by atoms with E-state index in [1.165, 1.54) is 22.2 Å². The summed E-state index contributed by atoms with van der Waals surface area (Å²) in [7, 11) is 0. The lowest BCUT2D eigenvalue weighted by Gasteiger charge is -2.35. The second-order valence-corrected chi connectivity index (χ2v) is 9.27. The molecule has 1 fully saturated rings. The number of hydrogen-bond acceptors (Lipinski definition) is 7. The Morgan fingerprint density at radius 1 is 0.971 bits per heavy atom. The second-order valence-electron chi connectivity index (χ2n) is 8.47. The molecule has 1 aromatic heterocycles. The van der Waals surface area contributed by atoms with Gasteiger partial charge in [-0.25, -0.2) is 0 Å². The molecule has 0 saturated carbocycles. The Morgan fingerprint density at radius 2 is 1.69 bits per heavy atom. The van der Waals surface area contributed by atoms with E-state index in [0.29, 0.717) is 5.69 Å². The van der Waals surface area contributed by atoms with E-state index in [1.54, 1.807) is 23.7 Å². The van der Waals surface area contributed by atoms with E-state index < -0.39 is 10.8 Å². The molecule has 2 heterocycles. The molecular formula is C26H25N5O3S. The van der Waals surface area contributed by atoms with Crippen molar-refractivity contribution < 1.29 is 9.72 Å². The van der Waals surface area contributed by atoms with Crippen molar-refractivity contribution in [2.75, 3.05) is 42.9 Å². The van der Waals surface area contributed by atoms with Crippen molar-refractivity contribution in [1.82, 2.24) is 9.27 Å². The molecule has 3 aromatic carbocycles. The summed E-state index contributed by atoms with van der Waals surface area (Å²) in [6.45, 7) is 4.59. The second kappa shape index (κ2) is 10.2. The third-order valence-corrected chi connectivity index (χ3v) is 7.16. The highest BCUT2D eigenvalue weighted by atomic mass is 32.1. The molecule has 1 aliphatic rings. The van der Waals surface area contributed by atoms with Crippen molar-refractivity contribution in [3.8, 4) is 0 Å². The van der Waals surface area contributed by atoms with Crippen LogP contribution < -0.4 is 10.2 Å². The molecule has 35 heavy (non-hydrogen) atoms. The number of piperazine rings is 1. The Labute approximate surface area is 207 Å². The Hall–Kier alpha value is -3.82. The lowest BCUT2D eigenvalue weighted by atomic mass is 10.1. The summed E-state index contributed by atoms with van der Waals surface area (Å²) in [5.74, 6) is 0.599. The Morgan fingerprint density at radius 3 is 2.51 bits per heavy atom. The van der Waals surface area contributed by atoms with E-state index in [1.807, 2.05) is 30.3 Å². The molecule has 0 bridgehead atoms. The number of amides is 1. The summed E-state index contributed by atoms with van der Waals surface area (Å²) in [6, 6.07) is 22.0. The SMILES string of the molecule is O=C(Nc1ccccc1CCN1CCN(c2nsc3ccccc23)CC1)c1ccccc1[N+](=O)[O-]. The lowest BCUT2D eigenvalue weighted by Crippen LogP contribution is -2.47. The van der Waals surface area contributed by atoms with Gasteiger partial charge in [-0.3, -0.25) is 19.8 Å². The molecule has 0 spiro atoms. The zero-order chi connectivity index (χ0) is 24.2. The number of nitrogens with one attached hydrogen (secondary N) is 1. The van der Waals surface area contributed by atoms with Crippen molar-refractivity contribution in [2.24, 2.45) is 0 Å². The molecule has 4 aromatic rings. The fraction of sp³-hybridized carbons (Fsp3) is 0.231. The summed E-state index contributed by atoms with van der Waals surface area (Å²) in [4.78, 5) is 28.3. The van der Waals surface area contributed by atoms with Crippen LogP contribution in [-0.2, 0) is 6.42 Å². The summed E-state index contributed by atoms with van der Waals surface area (Å²) < 4.78 is 5.90. The van der Waals surface area contributed by atoms with Crippen LogP contribution in [0.1, 0.15) is 15.9 Å². The quantitative estimate of drug-likeness (QED) is 0.297. The van der Waals surface area contributed by atoms with Crippen LogP contribution in [-0.4, -0.2) is 52.8 Å². The average Bonchev–Trinajstić information content (AvgIpc) is 3.33. The van der Waals surface area contributed by atoms with Gasteiger partial charge in [0.05, 0.1) is 9.62 Å².